The second kappa shape index (κ2) is 9.72. The molecule has 4 amide bonds. The summed E-state index contributed by atoms with van der Waals surface area (Å²) in [6.45, 7) is 1.29. The number of anilines is 2. The summed E-state index contributed by atoms with van der Waals surface area (Å²) >= 11 is 0. The second-order valence-electron chi connectivity index (χ2n) is 7.88. The third-order valence-corrected chi connectivity index (χ3v) is 5.65. The summed E-state index contributed by atoms with van der Waals surface area (Å²) in [5.74, 6) is -1.30. The Labute approximate surface area is 191 Å². The zero-order valence-corrected chi connectivity index (χ0v) is 18.3. The van der Waals surface area contributed by atoms with Gasteiger partial charge in [-0.05, 0) is 55.7 Å². The van der Waals surface area contributed by atoms with E-state index in [1.165, 1.54) is 25.7 Å². The fraction of sp³-hybridized carbons (Fsp3) is 0.292. The van der Waals surface area contributed by atoms with Crippen LogP contribution in [0.15, 0.2) is 48.2 Å². The van der Waals surface area contributed by atoms with Crippen LogP contribution < -0.4 is 20.3 Å². The predicted octanol–water partition coefficient (Wildman–Crippen LogP) is 3.36. The number of amides is 4. The Morgan fingerprint density at radius 1 is 1.15 bits per heavy atom. The Hall–Kier alpha value is -3.88. The summed E-state index contributed by atoms with van der Waals surface area (Å²) in [5.41, 5.74) is 1.31. The van der Waals surface area contributed by atoms with Crippen LogP contribution >= 0.6 is 0 Å². The van der Waals surface area contributed by atoms with Gasteiger partial charge < -0.3 is 20.3 Å². The van der Waals surface area contributed by atoms with Crippen molar-refractivity contribution in [1.82, 2.24) is 10.2 Å². The number of hydrogen-bond acceptors (Lipinski definition) is 5. The number of urea groups is 1. The molecule has 9 heteroatoms. The van der Waals surface area contributed by atoms with E-state index >= 15 is 0 Å². The molecule has 2 saturated heterocycles. The molecule has 0 bridgehead atoms. The molecule has 0 spiro atoms. The number of nitrogens with zero attached hydrogens (tertiary/aromatic N) is 2. The normalized spacial score (nSPS) is 17.3. The van der Waals surface area contributed by atoms with E-state index in [0.29, 0.717) is 11.4 Å². The highest BCUT2D eigenvalue weighted by Crippen LogP contribution is 2.25. The summed E-state index contributed by atoms with van der Waals surface area (Å²) in [4.78, 5) is 40.3. The van der Waals surface area contributed by atoms with Gasteiger partial charge in [-0.2, -0.15) is 0 Å². The van der Waals surface area contributed by atoms with Crippen LogP contribution in [-0.4, -0.2) is 49.5 Å². The number of rotatable bonds is 6. The summed E-state index contributed by atoms with van der Waals surface area (Å²) in [6.07, 6.45) is 4.62. The molecule has 2 N–H and O–H groups in total. The number of halogens is 1. The molecule has 0 atom stereocenters. The van der Waals surface area contributed by atoms with Crippen molar-refractivity contribution in [2.45, 2.75) is 19.3 Å². The molecule has 2 aliphatic heterocycles. The van der Waals surface area contributed by atoms with Crippen molar-refractivity contribution in [2.75, 3.05) is 37.0 Å². The van der Waals surface area contributed by atoms with Gasteiger partial charge in [0, 0.05) is 24.3 Å². The van der Waals surface area contributed by atoms with E-state index in [0.717, 1.165) is 36.5 Å². The SMILES string of the molecule is COc1ccccc1NC(=O)CN1C(=O)N/C(=C/c2ccc(N3CCCCC3)cc2F)C1=O. The molecule has 8 nitrogen and oxygen atoms in total. The van der Waals surface area contributed by atoms with E-state index in [1.807, 2.05) is 0 Å². The van der Waals surface area contributed by atoms with E-state index in [-0.39, 0.29) is 11.3 Å². The Balaban J connectivity index is 1.44. The van der Waals surface area contributed by atoms with Gasteiger partial charge in [-0.15, -0.1) is 0 Å². The van der Waals surface area contributed by atoms with Crippen molar-refractivity contribution in [3.8, 4) is 5.75 Å². The van der Waals surface area contributed by atoms with Gasteiger partial charge in [0.1, 0.15) is 23.8 Å². The Morgan fingerprint density at radius 3 is 2.64 bits per heavy atom. The smallest absolute Gasteiger partial charge is 0.329 e. The molecular formula is C24H25FN4O4. The van der Waals surface area contributed by atoms with Crippen LogP contribution in [0.25, 0.3) is 6.08 Å². The summed E-state index contributed by atoms with van der Waals surface area (Å²) < 4.78 is 19.9. The Morgan fingerprint density at radius 2 is 1.91 bits per heavy atom. The van der Waals surface area contributed by atoms with Gasteiger partial charge in [-0.1, -0.05) is 12.1 Å². The first kappa shape index (κ1) is 22.3. The second-order valence-corrected chi connectivity index (χ2v) is 7.88. The Kier molecular flexibility index (Phi) is 6.58. The lowest BCUT2D eigenvalue weighted by atomic mass is 10.1. The van der Waals surface area contributed by atoms with E-state index in [9.17, 15) is 18.8 Å². The number of benzene rings is 2. The number of para-hydroxylation sites is 2. The molecule has 172 valence electrons. The van der Waals surface area contributed by atoms with Crippen LogP contribution in [0.2, 0.25) is 0 Å². The molecule has 2 aromatic rings. The van der Waals surface area contributed by atoms with Gasteiger partial charge in [0.25, 0.3) is 5.91 Å². The average Bonchev–Trinajstić information content (AvgIpc) is 3.08. The average molecular weight is 452 g/mol. The lowest BCUT2D eigenvalue weighted by molar-refractivity contribution is -0.127. The largest absolute Gasteiger partial charge is 0.495 e. The van der Waals surface area contributed by atoms with Crippen LogP contribution in [0, 0.1) is 5.82 Å². The minimum atomic E-state index is -0.744. The highest BCUT2D eigenvalue weighted by atomic mass is 19.1. The van der Waals surface area contributed by atoms with Crippen molar-refractivity contribution < 1.29 is 23.5 Å². The maximum Gasteiger partial charge on any atom is 0.329 e. The van der Waals surface area contributed by atoms with E-state index in [2.05, 4.69) is 15.5 Å². The first-order chi connectivity index (χ1) is 16.0. The molecule has 2 aliphatic rings. The molecule has 0 saturated carbocycles. The zero-order valence-electron chi connectivity index (χ0n) is 18.3. The first-order valence-electron chi connectivity index (χ1n) is 10.8. The summed E-state index contributed by atoms with van der Waals surface area (Å²) in [5, 5.41) is 5.03. The number of hydrogen-bond donors (Lipinski definition) is 2. The number of ether oxygens (including phenoxy) is 1. The predicted molar refractivity (Wildman–Crippen MR) is 122 cm³/mol. The van der Waals surface area contributed by atoms with Crippen LogP contribution in [0.3, 0.4) is 0 Å². The number of carbonyl (C=O) groups is 3. The van der Waals surface area contributed by atoms with Crippen LogP contribution in [-0.2, 0) is 9.59 Å². The highest BCUT2D eigenvalue weighted by Gasteiger charge is 2.35. The number of carbonyl (C=O) groups excluding carboxylic acids is 3. The molecule has 0 radical (unpaired) electrons. The van der Waals surface area contributed by atoms with Crippen LogP contribution in [0.1, 0.15) is 24.8 Å². The van der Waals surface area contributed by atoms with Gasteiger partial charge in [-0.25, -0.2) is 14.1 Å². The fourth-order valence-corrected chi connectivity index (χ4v) is 3.93. The van der Waals surface area contributed by atoms with Gasteiger partial charge in [0.2, 0.25) is 5.91 Å². The standard InChI is InChI=1S/C24H25FN4O4/c1-33-21-8-4-3-7-19(21)26-22(30)15-29-23(31)20(27-24(29)32)13-16-9-10-17(14-18(16)25)28-11-5-2-6-12-28/h3-4,7-10,13-14H,2,5-6,11-12,15H2,1H3,(H,26,30)(H,27,32)/b20-13+. The number of nitrogens with one attached hydrogen (secondary N) is 2. The molecule has 0 aromatic heterocycles. The van der Waals surface area contributed by atoms with Crippen molar-refractivity contribution >= 4 is 35.3 Å². The summed E-state index contributed by atoms with van der Waals surface area (Å²) in [6, 6.07) is 10.9. The number of piperidine rings is 1. The maximum atomic E-state index is 14.7. The quantitative estimate of drug-likeness (QED) is 0.518. The van der Waals surface area contributed by atoms with E-state index in [1.54, 1.807) is 36.4 Å². The lowest BCUT2D eigenvalue weighted by Gasteiger charge is -2.28. The van der Waals surface area contributed by atoms with E-state index in [4.69, 9.17) is 4.74 Å². The molecule has 33 heavy (non-hydrogen) atoms. The van der Waals surface area contributed by atoms with Crippen molar-refractivity contribution in [1.29, 1.82) is 0 Å². The van der Waals surface area contributed by atoms with Gasteiger partial charge in [-0.3, -0.25) is 9.59 Å². The highest BCUT2D eigenvalue weighted by molar-refractivity contribution is 6.16. The first-order valence-corrected chi connectivity index (χ1v) is 10.8. The van der Waals surface area contributed by atoms with Crippen LogP contribution in [0.4, 0.5) is 20.6 Å². The molecule has 0 aliphatic carbocycles. The van der Waals surface area contributed by atoms with Crippen molar-refractivity contribution in [3.63, 3.8) is 0 Å². The van der Waals surface area contributed by atoms with E-state index < -0.39 is 30.2 Å². The third-order valence-electron chi connectivity index (χ3n) is 5.65. The summed E-state index contributed by atoms with van der Waals surface area (Å²) in [7, 11) is 1.47. The van der Waals surface area contributed by atoms with Gasteiger partial charge in [0.05, 0.1) is 12.8 Å². The maximum absolute atomic E-state index is 14.7. The lowest BCUT2D eigenvalue weighted by Crippen LogP contribution is -2.38. The van der Waals surface area contributed by atoms with Gasteiger partial charge >= 0.3 is 6.03 Å². The molecule has 2 aromatic carbocycles. The zero-order chi connectivity index (χ0) is 23.4. The van der Waals surface area contributed by atoms with Crippen molar-refractivity contribution in [2.24, 2.45) is 0 Å². The molecule has 4 rings (SSSR count). The minimum absolute atomic E-state index is 0.0882. The third kappa shape index (κ3) is 4.97. The molecule has 0 unspecified atom stereocenters. The molecule has 2 fully saturated rings. The van der Waals surface area contributed by atoms with Crippen molar-refractivity contribution in [3.05, 3.63) is 59.5 Å². The Bertz CT molecular complexity index is 1110. The fourth-order valence-electron chi connectivity index (χ4n) is 3.93. The monoisotopic (exact) mass is 452 g/mol. The molecular weight excluding hydrogens is 427 g/mol. The van der Waals surface area contributed by atoms with Gasteiger partial charge in [0.15, 0.2) is 0 Å². The van der Waals surface area contributed by atoms with Crippen LogP contribution in [0.5, 0.6) is 5.75 Å². The topological polar surface area (TPSA) is 91.0 Å². The minimum Gasteiger partial charge on any atom is -0.495 e. The molecule has 2 heterocycles. The number of imide groups is 1. The number of methoxy groups -OCH3 is 1.